The first-order valence-corrected chi connectivity index (χ1v) is 10.8. The molecule has 0 aliphatic heterocycles. The summed E-state index contributed by atoms with van der Waals surface area (Å²) in [5, 5.41) is 2.08. The molecule has 0 aliphatic carbocycles. The molecule has 0 aromatic carbocycles. The first-order chi connectivity index (χ1) is 14.6. The highest BCUT2D eigenvalue weighted by Gasteiger charge is 2.22. The van der Waals surface area contributed by atoms with Crippen LogP contribution >= 0.6 is 11.3 Å². The Morgan fingerprint density at radius 1 is 1.00 bits per heavy atom. The maximum Gasteiger partial charge on any atom is 0.256 e. The van der Waals surface area contributed by atoms with Gasteiger partial charge in [-0.1, -0.05) is 12.1 Å². The van der Waals surface area contributed by atoms with Crippen molar-refractivity contribution in [2.45, 2.75) is 33.5 Å². The van der Waals surface area contributed by atoms with Crippen LogP contribution in [0.2, 0.25) is 0 Å². The molecule has 0 saturated heterocycles. The predicted octanol–water partition coefficient (Wildman–Crippen LogP) is 4.85. The van der Waals surface area contributed by atoms with Gasteiger partial charge in [0.25, 0.3) is 5.91 Å². The smallest absolute Gasteiger partial charge is 0.256 e. The van der Waals surface area contributed by atoms with Crippen LogP contribution in [0.25, 0.3) is 0 Å². The van der Waals surface area contributed by atoms with Crippen LogP contribution in [0.1, 0.15) is 37.7 Å². The van der Waals surface area contributed by atoms with E-state index >= 15 is 0 Å². The zero-order chi connectivity index (χ0) is 20.9. The SMILES string of the molecule is Cc1cc(C(=O)N(Cc2ccncc2)Cc2cccnc2)c(C)n1Cc1cccs1. The maximum atomic E-state index is 13.6. The molecule has 4 heterocycles. The van der Waals surface area contributed by atoms with Crippen LogP contribution in [-0.4, -0.2) is 25.3 Å². The van der Waals surface area contributed by atoms with Crippen molar-refractivity contribution in [2.24, 2.45) is 0 Å². The van der Waals surface area contributed by atoms with E-state index in [1.54, 1.807) is 29.9 Å². The van der Waals surface area contributed by atoms with Gasteiger partial charge in [-0.3, -0.25) is 14.8 Å². The van der Waals surface area contributed by atoms with Gasteiger partial charge in [0.15, 0.2) is 0 Å². The molecule has 0 spiro atoms. The lowest BCUT2D eigenvalue weighted by Crippen LogP contribution is -2.30. The first-order valence-electron chi connectivity index (χ1n) is 9.88. The van der Waals surface area contributed by atoms with Crippen molar-refractivity contribution in [1.29, 1.82) is 0 Å². The van der Waals surface area contributed by atoms with Crippen molar-refractivity contribution in [3.05, 3.63) is 106 Å². The maximum absolute atomic E-state index is 13.6. The molecule has 0 fully saturated rings. The third kappa shape index (κ3) is 4.49. The van der Waals surface area contributed by atoms with Crippen molar-refractivity contribution in [2.75, 3.05) is 0 Å². The van der Waals surface area contributed by atoms with Crippen molar-refractivity contribution in [1.82, 2.24) is 19.4 Å². The Labute approximate surface area is 180 Å². The highest BCUT2D eigenvalue weighted by atomic mass is 32.1. The Hall–Kier alpha value is -3.25. The van der Waals surface area contributed by atoms with Crippen molar-refractivity contribution in [3.8, 4) is 0 Å². The van der Waals surface area contributed by atoms with Gasteiger partial charge < -0.3 is 9.47 Å². The van der Waals surface area contributed by atoms with Crippen molar-refractivity contribution >= 4 is 17.2 Å². The summed E-state index contributed by atoms with van der Waals surface area (Å²) in [4.78, 5) is 25.1. The third-order valence-electron chi connectivity index (χ3n) is 5.20. The number of amides is 1. The molecule has 4 rings (SSSR count). The monoisotopic (exact) mass is 416 g/mol. The van der Waals surface area contributed by atoms with E-state index in [0.29, 0.717) is 13.1 Å². The fourth-order valence-corrected chi connectivity index (χ4v) is 4.30. The van der Waals surface area contributed by atoms with Crippen LogP contribution in [-0.2, 0) is 19.6 Å². The molecule has 0 saturated carbocycles. The molecule has 0 aliphatic rings. The second kappa shape index (κ2) is 9.05. The van der Waals surface area contributed by atoms with Crippen LogP contribution in [0.3, 0.4) is 0 Å². The molecule has 0 bridgehead atoms. The molecule has 4 aromatic rings. The molecule has 0 N–H and O–H groups in total. The van der Waals surface area contributed by atoms with Crippen molar-refractivity contribution < 1.29 is 4.79 Å². The highest BCUT2D eigenvalue weighted by molar-refractivity contribution is 7.09. The van der Waals surface area contributed by atoms with Gasteiger partial charge >= 0.3 is 0 Å². The summed E-state index contributed by atoms with van der Waals surface area (Å²) in [6, 6.07) is 14.0. The van der Waals surface area contributed by atoms with Gasteiger partial charge in [-0.25, -0.2) is 0 Å². The van der Waals surface area contributed by atoms with E-state index in [9.17, 15) is 4.79 Å². The van der Waals surface area contributed by atoms with Crippen molar-refractivity contribution in [3.63, 3.8) is 0 Å². The Morgan fingerprint density at radius 3 is 2.50 bits per heavy atom. The minimum Gasteiger partial charge on any atom is -0.343 e. The number of thiophene rings is 1. The molecule has 6 heteroatoms. The Balaban J connectivity index is 1.64. The largest absolute Gasteiger partial charge is 0.343 e. The average Bonchev–Trinajstić information content (AvgIpc) is 3.38. The zero-order valence-corrected chi connectivity index (χ0v) is 18.0. The Bertz CT molecular complexity index is 1060. The number of aryl methyl sites for hydroxylation is 1. The number of carbonyl (C=O) groups excluding carboxylic acids is 1. The summed E-state index contributed by atoms with van der Waals surface area (Å²) in [6.45, 7) is 5.90. The molecular weight excluding hydrogens is 392 g/mol. The lowest BCUT2D eigenvalue weighted by atomic mass is 10.1. The Morgan fingerprint density at radius 2 is 1.80 bits per heavy atom. The highest BCUT2D eigenvalue weighted by Crippen LogP contribution is 2.22. The summed E-state index contributed by atoms with van der Waals surface area (Å²) in [6.07, 6.45) is 7.08. The number of aromatic nitrogens is 3. The van der Waals surface area contributed by atoms with Gasteiger partial charge in [0.2, 0.25) is 0 Å². The summed E-state index contributed by atoms with van der Waals surface area (Å²) < 4.78 is 2.22. The van der Waals surface area contributed by atoms with Gasteiger partial charge in [0.05, 0.1) is 12.1 Å². The van der Waals surface area contributed by atoms with Gasteiger partial charge in [0, 0.05) is 54.1 Å². The van der Waals surface area contributed by atoms with Crippen LogP contribution < -0.4 is 0 Å². The molecule has 30 heavy (non-hydrogen) atoms. The second-order valence-corrected chi connectivity index (χ2v) is 8.36. The van der Waals surface area contributed by atoms with E-state index in [2.05, 4.69) is 39.0 Å². The van der Waals surface area contributed by atoms with E-state index in [4.69, 9.17) is 0 Å². The summed E-state index contributed by atoms with van der Waals surface area (Å²) >= 11 is 1.73. The second-order valence-electron chi connectivity index (χ2n) is 7.33. The van der Waals surface area contributed by atoms with E-state index < -0.39 is 0 Å². The van der Waals surface area contributed by atoms with Gasteiger partial charge in [-0.2, -0.15) is 0 Å². The molecule has 0 atom stereocenters. The lowest BCUT2D eigenvalue weighted by Gasteiger charge is -2.23. The van der Waals surface area contributed by atoms with Gasteiger partial charge in [-0.15, -0.1) is 11.3 Å². The standard InChI is InChI=1S/C24H24N4OS/c1-18-13-23(19(2)28(18)17-22-6-4-12-30-22)24(29)27(15-20-7-10-25-11-8-20)16-21-5-3-9-26-14-21/h3-14H,15-17H2,1-2H3. The summed E-state index contributed by atoms with van der Waals surface area (Å²) in [7, 11) is 0. The predicted molar refractivity (Wildman–Crippen MR) is 119 cm³/mol. The fraction of sp³-hybridized carbons (Fsp3) is 0.208. The van der Waals surface area contributed by atoms with E-state index in [1.165, 1.54) is 4.88 Å². The van der Waals surface area contributed by atoms with Crippen LogP contribution in [0.5, 0.6) is 0 Å². The number of hydrogen-bond acceptors (Lipinski definition) is 4. The molecular formula is C24H24N4OS. The average molecular weight is 417 g/mol. The summed E-state index contributed by atoms with van der Waals surface area (Å²) in [5.41, 5.74) is 4.90. The van der Waals surface area contributed by atoms with Crippen LogP contribution in [0.15, 0.2) is 72.6 Å². The van der Waals surface area contributed by atoms with Crippen LogP contribution in [0.4, 0.5) is 0 Å². The van der Waals surface area contributed by atoms with E-state index in [1.807, 2.05) is 48.4 Å². The van der Waals surface area contributed by atoms with E-state index in [0.717, 1.165) is 34.6 Å². The minimum absolute atomic E-state index is 0.0289. The number of nitrogens with zero attached hydrogens (tertiary/aromatic N) is 4. The molecule has 4 aromatic heterocycles. The summed E-state index contributed by atoms with van der Waals surface area (Å²) in [5.74, 6) is 0.0289. The molecule has 0 radical (unpaired) electrons. The molecule has 152 valence electrons. The third-order valence-corrected chi connectivity index (χ3v) is 6.07. The van der Waals surface area contributed by atoms with E-state index in [-0.39, 0.29) is 5.91 Å². The van der Waals surface area contributed by atoms with Crippen LogP contribution in [0, 0.1) is 13.8 Å². The molecule has 1 amide bonds. The lowest BCUT2D eigenvalue weighted by molar-refractivity contribution is 0.0729. The molecule has 5 nitrogen and oxygen atoms in total. The number of carbonyl (C=O) groups is 1. The quantitative estimate of drug-likeness (QED) is 0.433. The first kappa shape index (κ1) is 20.0. The number of pyridine rings is 2. The van der Waals surface area contributed by atoms with Gasteiger partial charge in [0.1, 0.15) is 0 Å². The normalized spacial score (nSPS) is 10.9. The fourth-order valence-electron chi connectivity index (χ4n) is 3.61. The van der Waals surface area contributed by atoms with Gasteiger partial charge in [-0.05, 0) is 60.7 Å². The zero-order valence-electron chi connectivity index (χ0n) is 17.2. The topological polar surface area (TPSA) is 51.0 Å². The minimum atomic E-state index is 0.0289. The number of hydrogen-bond donors (Lipinski definition) is 0. The Kier molecular flexibility index (Phi) is 6.05. The number of rotatable bonds is 7. The molecule has 0 unspecified atom stereocenters.